The number of hydrogen-bond donors (Lipinski definition) is 4. The van der Waals surface area contributed by atoms with Crippen molar-refractivity contribution in [2.75, 3.05) is 18.4 Å². The number of rotatable bonds is 9. The highest BCUT2D eigenvalue weighted by atomic mass is 19.1. The van der Waals surface area contributed by atoms with Gasteiger partial charge in [0.1, 0.15) is 12.2 Å². The smallest absolute Gasteiger partial charge is 0.255 e. The van der Waals surface area contributed by atoms with Gasteiger partial charge in [-0.15, -0.1) is 0 Å². The highest BCUT2D eigenvalue weighted by molar-refractivity contribution is 5.99. The maximum atomic E-state index is 14.1. The summed E-state index contributed by atoms with van der Waals surface area (Å²) in [6, 6.07) is 5.29. The first kappa shape index (κ1) is 24.0. The SMILES string of the molecule is CC(O)CCNc1cc(-n2ncc3cc(C#N)cnc32)ncc1C(=O)NCC(F)C(C)(C)O. The Morgan fingerprint density at radius 2 is 2.06 bits per heavy atom. The third-order valence-electron chi connectivity index (χ3n) is 4.97. The number of amides is 1. The molecule has 3 aromatic rings. The molecule has 0 aromatic carbocycles. The molecule has 11 heteroatoms. The van der Waals surface area contributed by atoms with Crippen molar-refractivity contribution < 1.29 is 19.4 Å². The standard InChI is InChI=1S/C22H26FN7O3/c1-13(31)4-5-25-17-7-19(30-20-15(10-29-30)6-14(8-24)9-27-20)26-11-16(17)21(32)28-12-18(23)22(2,3)33/h6-7,9-11,13,18,31,33H,4-5,12H2,1-3H3,(H,25,26)(H,28,32). The van der Waals surface area contributed by atoms with Gasteiger partial charge in [-0.25, -0.2) is 14.4 Å². The predicted molar refractivity (Wildman–Crippen MR) is 120 cm³/mol. The van der Waals surface area contributed by atoms with Crippen molar-refractivity contribution in [3.8, 4) is 11.9 Å². The van der Waals surface area contributed by atoms with E-state index in [1.165, 1.54) is 30.9 Å². The van der Waals surface area contributed by atoms with E-state index in [1.807, 2.05) is 6.07 Å². The van der Waals surface area contributed by atoms with Gasteiger partial charge in [0.15, 0.2) is 11.5 Å². The average molecular weight is 455 g/mol. The van der Waals surface area contributed by atoms with E-state index in [4.69, 9.17) is 5.26 Å². The van der Waals surface area contributed by atoms with Crippen LogP contribution in [0, 0.1) is 11.3 Å². The molecular formula is C22H26FN7O3. The van der Waals surface area contributed by atoms with Gasteiger partial charge in [0, 0.05) is 30.4 Å². The average Bonchev–Trinajstić information content (AvgIpc) is 3.19. The third-order valence-corrected chi connectivity index (χ3v) is 4.97. The lowest BCUT2D eigenvalue weighted by atomic mass is 10.0. The van der Waals surface area contributed by atoms with Crippen LogP contribution in [0.15, 0.2) is 30.7 Å². The first-order chi connectivity index (χ1) is 15.6. The number of aromatic nitrogens is 4. The van der Waals surface area contributed by atoms with Gasteiger partial charge in [-0.2, -0.15) is 15.0 Å². The van der Waals surface area contributed by atoms with Crippen LogP contribution in [0.5, 0.6) is 0 Å². The van der Waals surface area contributed by atoms with E-state index in [0.717, 1.165) is 0 Å². The highest BCUT2D eigenvalue weighted by Crippen LogP contribution is 2.22. The van der Waals surface area contributed by atoms with Crippen LogP contribution in [0.3, 0.4) is 0 Å². The number of alkyl halides is 1. The van der Waals surface area contributed by atoms with E-state index < -0.39 is 23.8 Å². The zero-order chi connectivity index (χ0) is 24.2. The summed E-state index contributed by atoms with van der Waals surface area (Å²) in [6.07, 6.45) is 2.57. The Kier molecular flexibility index (Phi) is 7.20. The second-order valence-corrected chi connectivity index (χ2v) is 8.29. The lowest BCUT2D eigenvalue weighted by Crippen LogP contribution is -2.42. The number of nitrogens with one attached hydrogen (secondary N) is 2. The van der Waals surface area contributed by atoms with Crippen LogP contribution in [0.4, 0.5) is 10.1 Å². The third kappa shape index (κ3) is 5.79. The molecular weight excluding hydrogens is 429 g/mol. The van der Waals surface area contributed by atoms with Crippen LogP contribution < -0.4 is 10.6 Å². The van der Waals surface area contributed by atoms with E-state index in [1.54, 1.807) is 25.3 Å². The Morgan fingerprint density at radius 1 is 1.30 bits per heavy atom. The number of aliphatic hydroxyl groups excluding tert-OH is 1. The maximum Gasteiger partial charge on any atom is 0.255 e. The molecule has 4 N–H and O–H groups in total. The Bertz CT molecular complexity index is 1180. The van der Waals surface area contributed by atoms with Gasteiger partial charge in [-0.3, -0.25) is 4.79 Å². The zero-order valence-corrected chi connectivity index (χ0v) is 18.6. The molecule has 174 valence electrons. The highest BCUT2D eigenvalue weighted by Gasteiger charge is 2.27. The van der Waals surface area contributed by atoms with Crippen molar-refractivity contribution in [2.45, 2.75) is 45.1 Å². The summed E-state index contributed by atoms with van der Waals surface area (Å²) in [5, 5.41) is 38.9. The lowest BCUT2D eigenvalue weighted by Gasteiger charge is -2.22. The van der Waals surface area contributed by atoms with Gasteiger partial charge in [0.25, 0.3) is 5.91 Å². The first-order valence-corrected chi connectivity index (χ1v) is 10.4. The number of carbonyl (C=O) groups is 1. The minimum atomic E-state index is -1.65. The van der Waals surface area contributed by atoms with Gasteiger partial charge in [0.2, 0.25) is 0 Å². The van der Waals surface area contributed by atoms with E-state index in [0.29, 0.717) is 41.1 Å². The van der Waals surface area contributed by atoms with E-state index in [9.17, 15) is 19.4 Å². The number of anilines is 1. The minimum Gasteiger partial charge on any atom is -0.393 e. The molecule has 0 aliphatic rings. The number of fused-ring (bicyclic) bond motifs is 1. The van der Waals surface area contributed by atoms with Crippen LogP contribution in [0.2, 0.25) is 0 Å². The van der Waals surface area contributed by atoms with Gasteiger partial charge in [-0.1, -0.05) is 0 Å². The summed E-state index contributed by atoms with van der Waals surface area (Å²) in [4.78, 5) is 21.3. The topological polar surface area (TPSA) is 149 Å². The molecule has 0 radical (unpaired) electrons. The molecule has 0 aliphatic carbocycles. The van der Waals surface area contributed by atoms with Crippen LogP contribution in [0.25, 0.3) is 16.9 Å². The fraction of sp³-hybridized carbons (Fsp3) is 0.409. The molecule has 0 fully saturated rings. The van der Waals surface area contributed by atoms with Crippen LogP contribution in [0.1, 0.15) is 43.1 Å². The summed E-state index contributed by atoms with van der Waals surface area (Å²) in [7, 11) is 0. The van der Waals surface area contributed by atoms with Crippen molar-refractivity contribution in [1.82, 2.24) is 25.1 Å². The molecule has 33 heavy (non-hydrogen) atoms. The molecule has 0 aliphatic heterocycles. The Hall–Kier alpha value is -3.62. The molecule has 0 saturated heterocycles. The molecule has 10 nitrogen and oxygen atoms in total. The monoisotopic (exact) mass is 455 g/mol. The summed E-state index contributed by atoms with van der Waals surface area (Å²) in [6.45, 7) is 4.31. The fourth-order valence-electron chi connectivity index (χ4n) is 2.98. The molecule has 1 amide bonds. The van der Waals surface area contributed by atoms with Crippen LogP contribution >= 0.6 is 0 Å². The van der Waals surface area contributed by atoms with Crippen molar-refractivity contribution in [3.63, 3.8) is 0 Å². The zero-order valence-electron chi connectivity index (χ0n) is 18.6. The molecule has 3 rings (SSSR count). The molecule has 0 bridgehead atoms. The van der Waals surface area contributed by atoms with Crippen molar-refractivity contribution in [3.05, 3.63) is 41.9 Å². The normalized spacial score (nSPS) is 13.4. The molecule has 2 unspecified atom stereocenters. The lowest BCUT2D eigenvalue weighted by molar-refractivity contribution is -0.00177. The number of halogens is 1. The second-order valence-electron chi connectivity index (χ2n) is 8.29. The summed E-state index contributed by atoms with van der Waals surface area (Å²) >= 11 is 0. The van der Waals surface area contributed by atoms with E-state index >= 15 is 0 Å². The number of aliphatic hydroxyl groups is 2. The van der Waals surface area contributed by atoms with Gasteiger partial charge in [0.05, 0.1) is 41.3 Å². The first-order valence-electron chi connectivity index (χ1n) is 10.4. The van der Waals surface area contributed by atoms with Crippen LogP contribution in [-0.4, -0.2) is 66.8 Å². The second kappa shape index (κ2) is 9.89. The number of pyridine rings is 2. The molecule has 0 spiro atoms. The number of nitriles is 1. The van der Waals surface area contributed by atoms with Gasteiger partial charge >= 0.3 is 0 Å². The molecule has 3 aromatic heterocycles. The Balaban J connectivity index is 1.91. The molecule has 3 heterocycles. The predicted octanol–water partition coefficient (Wildman–Crippen LogP) is 1.71. The Morgan fingerprint density at radius 3 is 2.73 bits per heavy atom. The summed E-state index contributed by atoms with van der Waals surface area (Å²) in [5.41, 5.74) is -0.121. The molecule has 0 saturated carbocycles. The number of carbonyl (C=O) groups excluding carboxylic acids is 1. The van der Waals surface area contributed by atoms with Crippen molar-refractivity contribution in [2.24, 2.45) is 0 Å². The van der Waals surface area contributed by atoms with Crippen molar-refractivity contribution in [1.29, 1.82) is 5.26 Å². The molecule has 2 atom stereocenters. The van der Waals surface area contributed by atoms with E-state index in [2.05, 4.69) is 25.7 Å². The van der Waals surface area contributed by atoms with Crippen LogP contribution in [-0.2, 0) is 0 Å². The van der Waals surface area contributed by atoms with E-state index in [-0.39, 0.29) is 12.1 Å². The van der Waals surface area contributed by atoms with Crippen molar-refractivity contribution >= 4 is 22.6 Å². The number of nitrogens with zero attached hydrogens (tertiary/aromatic N) is 5. The maximum absolute atomic E-state index is 14.1. The minimum absolute atomic E-state index is 0.170. The largest absolute Gasteiger partial charge is 0.393 e. The fourth-order valence-corrected chi connectivity index (χ4v) is 2.98. The Labute approximate surface area is 190 Å². The number of hydrogen-bond acceptors (Lipinski definition) is 8. The van der Waals surface area contributed by atoms with Gasteiger partial charge in [-0.05, 0) is 33.3 Å². The van der Waals surface area contributed by atoms with Gasteiger partial charge < -0.3 is 20.8 Å². The summed E-state index contributed by atoms with van der Waals surface area (Å²) in [5.74, 6) is -0.194. The summed E-state index contributed by atoms with van der Waals surface area (Å²) < 4.78 is 15.5. The quantitative estimate of drug-likeness (QED) is 0.381.